The molecule has 0 saturated carbocycles. The van der Waals surface area contributed by atoms with Gasteiger partial charge in [0.1, 0.15) is 0 Å². The lowest BCUT2D eigenvalue weighted by Crippen LogP contribution is -2.20. The number of ether oxygens (including phenoxy) is 3. The van der Waals surface area contributed by atoms with E-state index in [0.29, 0.717) is 42.7 Å². The Morgan fingerprint density at radius 3 is 2.41 bits per heavy atom. The lowest BCUT2D eigenvalue weighted by atomic mass is 10.1. The molecule has 1 heterocycles. The van der Waals surface area contributed by atoms with Crippen LogP contribution in [0.2, 0.25) is 0 Å². The van der Waals surface area contributed by atoms with E-state index >= 15 is 0 Å². The van der Waals surface area contributed by atoms with Crippen molar-refractivity contribution in [2.45, 2.75) is 6.54 Å². The minimum Gasteiger partial charge on any atom is -0.493 e. The summed E-state index contributed by atoms with van der Waals surface area (Å²) in [5.41, 5.74) is 0.910. The molecule has 0 bridgehead atoms. The van der Waals surface area contributed by atoms with Crippen LogP contribution in [-0.2, 0) is 6.54 Å². The molecule has 1 aromatic carbocycles. The van der Waals surface area contributed by atoms with E-state index in [1.807, 2.05) is 17.0 Å². The van der Waals surface area contributed by atoms with Gasteiger partial charge in [-0.2, -0.15) is 0 Å². The maximum atomic E-state index is 10.6. The van der Waals surface area contributed by atoms with E-state index in [9.17, 15) is 10.1 Å². The molecule has 1 aliphatic heterocycles. The average Bonchev–Trinajstić information content (AvgIpc) is 2.92. The summed E-state index contributed by atoms with van der Waals surface area (Å²) in [6.45, 7) is 1.86. The van der Waals surface area contributed by atoms with E-state index in [2.05, 4.69) is 5.32 Å². The predicted molar refractivity (Wildman–Crippen MR) is 79.6 cm³/mol. The van der Waals surface area contributed by atoms with Crippen LogP contribution >= 0.6 is 0 Å². The largest absolute Gasteiger partial charge is 0.493 e. The highest BCUT2D eigenvalue weighted by molar-refractivity contribution is 5.53. The smallest absolute Gasteiger partial charge is 0.274 e. The zero-order chi connectivity index (χ0) is 16.1. The second-order valence-corrected chi connectivity index (χ2v) is 4.68. The summed E-state index contributed by atoms with van der Waals surface area (Å²) in [7, 11) is 4.65. The number of rotatable bonds is 6. The van der Waals surface area contributed by atoms with E-state index < -0.39 is 4.92 Å². The third-order valence-corrected chi connectivity index (χ3v) is 3.35. The Hall–Kier alpha value is -2.64. The molecule has 0 amide bonds. The number of nitrogens with zero attached hydrogens (tertiary/aromatic N) is 2. The third kappa shape index (κ3) is 3.33. The van der Waals surface area contributed by atoms with Crippen molar-refractivity contribution in [3.63, 3.8) is 0 Å². The Kier molecular flexibility index (Phi) is 4.92. The van der Waals surface area contributed by atoms with Crippen LogP contribution in [0.25, 0.3) is 0 Å². The minimum atomic E-state index is -0.462. The zero-order valence-electron chi connectivity index (χ0n) is 12.8. The van der Waals surface area contributed by atoms with E-state index in [1.165, 1.54) is 0 Å². The van der Waals surface area contributed by atoms with Crippen molar-refractivity contribution in [2.24, 2.45) is 0 Å². The van der Waals surface area contributed by atoms with Crippen molar-refractivity contribution in [1.29, 1.82) is 0 Å². The predicted octanol–water partition coefficient (Wildman–Crippen LogP) is 1.19. The summed E-state index contributed by atoms with van der Waals surface area (Å²) in [5, 5.41) is 13.6. The fourth-order valence-electron chi connectivity index (χ4n) is 2.39. The van der Waals surface area contributed by atoms with E-state index in [0.717, 1.165) is 11.8 Å². The molecule has 0 radical (unpaired) electrons. The average molecular weight is 309 g/mol. The first-order chi connectivity index (χ1) is 10.6. The summed E-state index contributed by atoms with van der Waals surface area (Å²) >= 11 is 0. The molecule has 1 aromatic rings. The summed E-state index contributed by atoms with van der Waals surface area (Å²) in [5.74, 6) is 2.14. The van der Waals surface area contributed by atoms with Crippen molar-refractivity contribution in [3.8, 4) is 17.2 Å². The van der Waals surface area contributed by atoms with Gasteiger partial charge in [0.15, 0.2) is 17.3 Å². The van der Waals surface area contributed by atoms with Gasteiger partial charge in [0.2, 0.25) is 5.75 Å². The Balaban J connectivity index is 2.27. The standard InChI is InChI=1S/C14H19N3O5/c1-20-11-6-10(7-12(21-2)14(11)22-3)8-16-5-4-15-13(16)9-17(18)19/h6-7,9,15H,4-5,8H2,1-3H3/b13-9-. The summed E-state index contributed by atoms with van der Waals surface area (Å²) < 4.78 is 15.9. The molecule has 0 atom stereocenters. The fourth-order valence-corrected chi connectivity index (χ4v) is 2.39. The molecular weight excluding hydrogens is 290 g/mol. The molecule has 1 aliphatic rings. The van der Waals surface area contributed by atoms with Crippen LogP contribution in [-0.4, -0.2) is 44.2 Å². The maximum Gasteiger partial charge on any atom is 0.274 e. The second-order valence-electron chi connectivity index (χ2n) is 4.68. The summed E-state index contributed by atoms with van der Waals surface area (Å²) in [4.78, 5) is 12.1. The van der Waals surface area contributed by atoms with Crippen molar-refractivity contribution >= 4 is 0 Å². The zero-order valence-corrected chi connectivity index (χ0v) is 12.8. The van der Waals surface area contributed by atoms with Crippen LogP contribution < -0.4 is 19.5 Å². The van der Waals surface area contributed by atoms with Crippen molar-refractivity contribution in [1.82, 2.24) is 10.2 Å². The highest BCUT2D eigenvalue weighted by atomic mass is 16.6. The molecule has 120 valence electrons. The van der Waals surface area contributed by atoms with Gasteiger partial charge in [0.05, 0.1) is 26.3 Å². The van der Waals surface area contributed by atoms with Gasteiger partial charge in [-0.15, -0.1) is 0 Å². The molecule has 1 saturated heterocycles. The number of hydrogen-bond donors (Lipinski definition) is 1. The monoisotopic (exact) mass is 309 g/mol. The Labute approximate surface area is 128 Å². The Morgan fingerprint density at radius 2 is 1.91 bits per heavy atom. The maximum absolute atomic E-state index is 10.6. The topological polar surface area (TPSA) is 86.1 Å². The third-order valence-electron chi connectivity index (χ3n) is 3.35. The van der Waals surface area contributed by atoms with Gasteiger partial charge in [0.25, 0.3) is 6.20 Å². The van der Waals surface area contributed by atoms with Crippen LogP contribution in [0.15, 0.2) is 24.2 Å². The van der Waals surface area contributed by atoms with Gasteiger partial charge in [-0.1, -0.05) is 0 Å². The van der Waals surface area contributed by atoms with Crippen LogP contribution in [0.4, 0.5) is 0 Å². The molecule has 0 aliphatic carbocycles. The molecule has 22 heavy (non-hydrogen) atoms. The minimum absolute atomic E-state index is 0.462. The molecule has 0 aromatic heterocycles. The van der Waals surface area contributed by atoms with Crippen molar-refractivity contribution < 1.29 is 19.1 Å². The lowest BCUT2D eigenvalue weighted by molar-refractivity contribution is -0.404. The van der Waals surface area contributed by atoms with Gasteiger partial charge in [-0.3, -0.25) is 10.1 Å². The van der Waals surface area contributed by atoms with Gasteiger partial charge in [-0.25, -0.2) is 0 Å². The summed E-state index contributed by atoms with van der Waals surface area (Å²) in [6, 6.07) is 3.67. The number of methoxy groups -OCH3 is 3. The molecule has 0 spiro atoms. The quantitative estimate of drug-likeness (QED) is 0.624. The molecule has 1 fully saturated rings. The first-order valence-corrected chi connectivity index (χ1v) is 6.72. The van der Waals surface area contributed by atoms with Crippen LogP contribution in [0, 0.1) is 10.1 Å². The van der Waals surface area contributed by atoms with Gasteiger partial charge >= 0.3 is 0 Å². The highest BCUT2D eigenvalue weighted by Gasteiger charge is 2.21. The van der Waals surface area contributed by atoms with Crippen LogP contribution in [0.1, 0.15) is 5.56 Å². The number of hydrogen-bond acceptors (Lipinski definition) is 7. The van der Waals surface area contributed by atoms with Gasteiger partial charge < -0.3 is 24.4 Å². The normalized spacial score (nSPS) is 15.6. The van der Waals surface area contributed by atoms with Gasteiger partial charge in [-0.05, 0) is 17.7 Å². The van der Waals surface area contributed by atoms with E-state index in [1.54, 1.807) is 21.3 Å². The molecule has 8 nitrogen and oxygen atoms in total. The molecule has 8 heteroatoms. The van der Waals surface area contributed by atoms with Gasteiger partial charge in [0, 0.05) is 19.6 Å². The van der Waals surface area contributed by atoms with Crippen molar-refractivity contribution in [3.05, 3.63) is 39.8 Å². The first-order valence-electron chi connectivity index (χ1n) is 6.72. The highest BCUT2D eigenvalue weighted by Crippen LogP contribution is 2.38. The molecular formula is C14H19N3O5. The first kappa shape index (κ1) is 15.7. The Morgan fingerprint density at radius 1 is 1.27 bits per heavy atom. The van der Waals surface area contributed by atoms with E-state index in [4.69, 9.17) is 14.2 Å². The lowest BCUT2D eigenvalue weighted by Gasteiger charge is -2.19. The number of benzene rings is 1. The fraction of sp³-hybridized carbons (Fsp3) is 0.429. The number of nitrogens with one attached hydrogen (secondary N) is 1. The number of nitro groups is 1. The molecule has 0 unspecified atom stereocenters. The van der Waals surface area contributed by atoms with Crippen LogP contribution in [0.5, 0.6) is 17.2 Å². The van der Waals surface area contributed by atoms with Crippen LogP contribution in [0.3, 0.4) is 0 Å². The SMILES string of the molecule is COc1cc(CN2CCN/C2=C/[N+](=O)[O-])cc(OC)c1OC. The van der Waals surface area contributed by atoms with Crippen molar-refractivity contribution in [2.75, 3.05) is 34.4 Å². The Bertz CT molecular complexity index is 563. The second kappa shape index (κ2) is 6.88. The molecule has 2 rings (SSSR count). The molecule has 1 N–H and O–H groups in total. The van der Waals surface area contributed by atoms with E-state index in [-0.39, 0.29) is 0 Å². The summed E-state index contributed by atoms with van der Waals surface area (Å²) in [6.07, 6.45) is 0.977.